The van der Waals surface area contributed by atoms with Gasteiger partial charge in [0.05, 0.1) is 12.7 Å². The van der Waals surface area contributed by atoms with Gasteiger partial charge in [-0.25, -0.2) is 0 Å². The maximum atomic E-state index is 12.3. The SMILES string of the molecule is COc1ccc(C(=O)Nc2ccc(C(C)(C)C)cc2)c(N)c1. The fourth-order valence-electron chi connectivity index (χ4n) is 2.13. The molecule has 0 unspecified atom stereocenters. The van der Waals surface area contributed by atoms with Gasteiger partial charge < -0.3 is 15.8 Å². The molecule has 0 radical (unpaired) electrons. The van der Waals surface area contributed by atoms with E-state index in [1.807, 2.05) is 24.3 Å². The van der Waals surface area contributed by atoms with Crippen LogP contribution in [0.15, 0.2) is 42.5 Å². The topological polar surface area (TPSA) is 64.3 Å². The van der Waals surface area contributed by atoms with Crippen molar-refractivity contribution in [2.24, 2.45) is 0 Å². The fourth-order valence-corrected chi connectivity index (χ4v) is 2.13. The maximum Gasteiger partial charge on any atom is 0.257 e. The van der Waals surface area contributed by atoms with Crippen LogP contribution >= 0.6 is 0 Å². The minimum Gasteiger partial charge on any atom is -0.497 e. The molecular weight excluding hydrogens is 276 g/mol. The zero-order valence-electron chi connectivity index (χ0n) is 13.4. The number of benzene rings is 2. The minimum absolute atomic E-state index is 0.0863. The maximum absolute atomic E-state index is 12.3. The zero-order chi connectivity index (χ0) is 16.3. The van der Waals surface area contributed by atoms with Crippen molar-refractivity contribution < 1.29 is 9.53 Å². The molecule has 0 fully saturated rings. The van der Waals surface area contributed by atoms with Gasteiger partial charge in [-0.1, -0.05) is 32.9 Å². The van der Waals surface area contributed by atoms with E-state index in [2.05, 4.69) is 26.1 Å². The molecule has 0 spiro atoms. The quantitative estimate of drug-likeness (QED) is 0.846. The number of ether oxygens (including phenoxy) is 1. The minimum atomic E-state index is -0.233. The number of rotatable bonds is 3. The smallest absolute Gasteiger partial charge is 0.257 e. The predicted octanol–water partition coefficient (Wildman–Crippen LogP) is 3.83. The number of anilines is 2. The third-order valence-corrected chi connectivity index (χ3v) is 3.51. The summed E-state index contributed by atoms with van der Waals surface area (Å²) in [4.78, 5) is 12.3. The number of hydrogen-bond donors (Lipinski definition) is 2. The summed E-state index contributed by atoms with van der Waals surface area (Å²) >= 11 is 0. The summed E-state index contributed by atoms with van der Waals surface area (Å²) in [5, 5.41) is 2.86. The van der Waals surface area contributed by atoms with Gasteiger partial charge in [-0.15, -0.1) is 0 Å². The molecule has 0 aromatic heterocycles. The number of carbonyl (C=O) groups is 1. The number of nitrogens with one attached hydrogen (secondary N) is 1. The van der Waals surface area contributed by atoms with Crippen LogP contribution in [0, 0.1) is 0 Å². The lowest BCUT2D eigenvalue weighted by atomic mass is 9.87. The Morgan fingerprint density at radius 3 is 2.23 bits per heavy atom. The molecule has 0 aliphatic carbocycles. The van der Waals surface area contributed by atoms with Crippen LogP contribution in [0.2, 0.25) is 0 Å². The highest BCUT2D eigenvalue weighted by atomic mass is 16.5. The average Bonchev–Trinajstić information content (AvgIpc) is 2.46. The lowest BCUT2D eigenvalue weighted by molar-refractivity contribution is 0.102. The Morgan fingerprint density at radius 1 is 1.09 bits per heavy atom. The first-order valence-electron chi connectivity index (χ1n) is 7.16. The van der Waals surface area contributed by atoms with Crippen LogP contribution in [0.4, 0.5) is 11.4 Å². The molecule has 22 heavy (non-hydrogen) atoms. The summed E-state index contributed by atoms with van der Waals surface area (Å²) < 4.78 is 5.08. The summed E-state index contributed by atoms with van der Waals surface area (Å²) in [5.41, 5.74) is 8.76. The van der Waals surface area contributed by atoms with Gasteiger partial charge >= 0.3 is 0 Å². The van der Waals surface area contributed by atoms with Crippen LogP contribution in [-0.2, 0) is 5.41 Å². The van der Waals surface area contributed by atoms with Gasteiger partial charge in [-0.05, 0) is 35.2 Å². The van der Waals surface area contributed by atoms with Crippen LogP contribution in [-0.4, -0.2) is 13.0 Å². The number of nitrogens with two attached hydrogens (primary N) is 1. The average molecular weight is 298 g/mol. The van der Waals surface area contributed by atoms with Gasteiger partial charge in [-0.3, -0.25) is 4.79 Å². The second kappa shape index (κ2) is 6.10. The molecule has 0 bridgehead atoms. The third kappa shape index (κ3) is 3.58. The third-order valence-electron chi connectivity index (χ3n) is 3.51. The van der Waals surface area contributed by atoms with Crippen LogP contribution in [0.5, 0.6) is 5.75 Å². The number of carbonyl (C=O) groups excluding carboxylic acids is 1. The number of methoxy groups -OCH3 is 1. The molecule has 116 valence electrons. The zero-order valence-corrected chi connectivity index (χ0v) is 13.4. The normalized spacial score (nSPS) is 11.1. The number of hydrogen-bond acceptors (Lipinski definition) is 3. The molecule has 0 saturated carbocycles. The first-order valence-corrected chi connectivity index (χ1v) is 7.16. The van der Waals surface area contributed by atoms with Crippen molar-refractivity contribution in [1.82, 2.24) is 0 Å². The largest absolute Gasteiger partial charge is 0.497 e. The Kier molecular flexibility index (Phi) is 4.40. The monoisotopic (exact) mass is 298 g/mol. The van der Waals surface area contributed by atoms with Crippen LogP contribution < -0.4 is 15.8 Å². The Bertz CT molecular complexity index is 670. The molecule has 0 aliphatic rings. The van der Waals surface area contributed by atoms with Crippen LogP contribution in [0.3, 0.4) is 0 Å². The summed E-state index contributed by atoms with van der Waals surface area (Å²) in [6.07, 6.45) is 0. The Hall–Kier alpha value is -2.49. The molecule has 0 atom stereocenters. The summed E-state index contributed by atoms with van der Waals surface area (Å²) in [7, 11) is 1.56. The Labute approximate surface area is 131 Å². The van der Waals surface area contributed by atoms with E-state index in [1.165, 1.54) is 5.56 Å². The van der Waals surface area contributed by atoms with Gasteiger partial charge in [-0.2, -0.15) is 0 Å². The summed E-state index contributed by atoms with van der Waals surface area (Å²) in [6.45, 7) is 6.45. The molecule has 3 N–H and O–H groups in total. The van der Waals surface area contributed by atoms with Gasteiger partial charge in [0, 0.05) is 17.4 Å². The predicted molar refractivity (Wildman–Crippen MR) is 90.5 cm³/mol. The first kappa shape index (κ1) is 15.9. The summed E-state index contributed by atoms with van der Waals surface area (Å²) in [5.74, 6) is 0.396. The molecule has 4 heteroatoms. The van der Waals surface area contributed by atoms with Crippen molar-refractivity contribution in [3.05, 3.63) is 53.6 Å². The number of amides is 1. The van der Waals surface area contributed by atoms with Crippen molar-refractivity contribution in [1.29, 1.82) is 0 Å². The Morgan fingerprint density at radius 2 is 1.73 bits per heavy atom. The summed E-state index contributed by atoms with van der Waals surface area (Å²) in [6, 6.07) is 12.9. The number of nitrogen functional groups attached to an aromatic ring is 1. The second-order valence-corrected chi connectivity index (χ2v) is 6.23. The van der Waals surface area contributed by atoms with Crippen LogP contribution in [0.1, 0.15) is 36.7 Å². The van der Waals surface area contributed by atoms with Crippen molar-refractivity contribution in [2.75, 3.05) is 18.2 Å². The van der Waals surface area contributed by atoms with Gasteiger partial charge in [0.15, 0.2) is 0 Å². The van der Waals surface area contributed by atoms with Crippen LogP contribution in [0.25, 0.3) is 0 Å². The van der Waals surface area contributed by atoms with E-state index in [4.69, 9.17) is 10.5 Å². The molecule has 2 aromatic carbocycles. The van der Waals surface area contributed by atoms with Crippen molar-refractivity contribution in [2.45, 2.75) is 26.2 Å². The van der Waals surface area contributed by atoms with E-state index in [0.29, 0.717) is 17.0 Å². The molecule has 0 aliphatic heterocycles. The van der Waals surface area contributed by atoms with Crippen molar-refractivity contribution in [3.8, 4) is 5.75 Å². The Balaban J connectivity index is 2.15. The highest BCUT2D eigenvalue weighted by molar-refractivity contribution is 6.07. The van der Waals surface area contributed by atoms with E-state index >= 15 is 0 Å². The molecule has 4 nitrogen and oxygen atoms in total. The second-order valence-electron chi connectivity index (χ2n) is 6.23. The van der Waals surface area contributed by atoms with Gasteiger partial charge in [0.2, 0.25) is 0 Å². The van der Waals surface area contributed by atoms with Crippen molar-refractivity contribution >= 4 is 17.3 Å². The van der Waals surface area contributed by atoms with Crippen molar-refractivity contribution in [3.63, 3.8) is 0 Å². The molecule has 2 aromatic rings. The lowest BCUT2D eigenvalue weighted by Crippen LogP contribution is -2.15. The molecule has 0 heterocycles. The molecule has 0 saturated heterocycles. The van der Waals surface area contributed by atoms with E-state index in [-0.39, 0.29) is 11.3 Å². The first-order chi connectivity index (χ1) is 10.3. The van der Waals surface area contributed by atoms with Gasteiger partial charge in [0.25, 0.3) is 5.91 Å². The highest BCUT2D eigenvalue weighted by Crippen LogP contribution is 2.24. The molecule has 2 rings (SSSR count). The van der Waals surface area contributed by atoms with E-state index < -0.39 is 0 Å². The highest BCUT2D eigenvalue weighted by Gasteiger charge is 2.14. The fraction of sp³-hybridized carbons (Fsp3) is 0.278. The van der Waals surface area contributed by atoms with E-state index in [9.17, 15) is 4.79 Å². The van der Waals surface area contributed by atoms with E-state index in [0.717, 1.165) is 5.69 Å². The van der Waals surface area contributed by atoms with Gasteiger partial charge in [0.1, 0.15) is 5.75 Å². The van der Waals surface area contributed by atoms with E-state index in [1.54, 1.807) is 25.3 Å². The lowest BCUT2D eigenvalue weighted by Gasteiger charge is -2.19. The molecule has 1 amide bonds. The standard InChI is InChI=1S/C18H22N2O2/c1-18(2,3)12-5-7-13(8-6-12)20-17(21)15-10-9-14(22-4)11-16(15)19/h5-11H,19H2,1-4H3,(H,20,21). The molecular formula is C18H22N2O2.